The quantitative estimate of drug-likeness (QED) is 0.669. The molecule has 0 fully saturated rings. The number of hydrogen-bond acceptors (Lipinski definition) is 3. The van der Waals surface area contributed by atoms with Crippen LogP contribution in [0.3, 0.4) is 0 Å². The first-order valence-electron chi connectivity index (χ1n) is 8.83. The molecule has 3 rings (SSSR count). The average molecular weight is 345 g/mol. The Morgan fingerprint density at radius 3 is 2.54 bits per heavy atom. The molecule has 2 N–H and O–H groups in total. The second-order valence-electron chi connectivity index (χ2n) is 6.20. The van der Waals surface area contributed by atoms with Crippen LogP contribution >= 0.6 is 0 Å². The van der Waals surface area contributed by atoms with Crippen molar-refractivity contribution in [3.8, 4) is 0 Å². The molecule has 0 aliphatic heterocycles. The normalized spacial score (nSPS) is 11.6. The molecule has 0 bridgehead atoms. The number of amides is 1. The number of nitrogens with zero attached hydrogens (tertiary/aromatic N) is 1. The van der Waals surface area contributed by atoms with Gasteiger partial charge in [-0.15, -0.1) is 0 Å². The van der Waals surface area contributed by atoms with Crippen LogP contribution in [0.1, 0.15) is 41.4 Å². The lowest BCUT2D eigenvalue weighted by atomic mass is 10.1. The molecule has 1 heterocycles. The van der Waals surface area contributed by atoms with E-state index in [1.54, 1.807) is 12.4 Å². The van der Waals surface area contributed by atoms with Crippen molar-refractivity contribution in [2.24, 2.45) is 0 Å². The van der Waals surface area contributed by atoms with Crippen LogP contribution in [0.4, 0.5) is 11.4 Å². The van der Waals surface area contributed by atoms with Crippen LogP contribution in [0.5, 0.6) is 0 Å². The maximum absolute atomic E-state index is 12.6. The summed E-state index contributed by atoms with van der Waals surface area (Å²) in [6.07, 6.45) is 4.25. The van der Waals surface area contributed by atoms with Gasteiger partial charge in [-0.05, 0) is 36.6 Å². The van der Waals surface area contributed by atoms with Gasteiger partial charge in [-0.1, -0.05) is 55.5 Å². The zero-order valence-electron chi connectivity index (χ0n) is 15.1. The van der Waals surface area contributed by atoms with E-state index >= 15 is 0 Å². The lowest BCUT2D eigenvalue weighted by Gasteiger charge is -2.15. The minimum atomic E-state index is -0.138. The predicted octanol–water partition coefficient (Wildman–Crippen LogP) is 4.88. The van der Waals surface area contributed by atoms with Crippen molar-refractivity contribution >= 4 is 17.3 Å². The summed E-state index contributed by atoms with van der Waals surface area (Å²) in [4.78, 5) is 16.8. The first-order valence-corrected chi connectivity index (χ1v) is 8.83. The molecule has 1 amide bonds. The number of hydrogen-bond donors (Lipinski definition) is 2. The number of para-hydroxylation sites is 1. The SMILES string of the molecule is CCc1ccccc1Nc1cncc(C(=O)NC(C)c2ccccc2)c1. The third kappa shape index (κ3) is 4.28. The van der Waals surface area contributed by atoms with Crippen molar-refractivity contribution in [2.75, 3.05) is 5.32 Å². The van der Waals surface area contributed by atoms with Gasteiger partial charge in [0.1, 0.15) is 0 Å². The van der Waals surface area contributed by atoms with Gasteiger partial charge in [0.25, 0.3) is 5.91 Å². The molecule has 4 nitrogen and oxygen atoms in total. The number of pyridine rings is 1. The van der Waals surface area contributed by atoms with Gasteiger partial charge in [0.2, 0.25) is 0 Å². The standard InChI is InChI=1S/C22H23N3O/c1-3-17-9-7-8-12-21(17)25-20-13-19(14-23-15-20)22(26)24-16(2)18-10-5-4-6-11-18/h4-16,25H,3H2,1-2H3,(H,24,26). The summed E-state index contributed by atoms with van der Waals surface area (Å²) in [6, 6.07) is 19.8. The molecule has 3 aromatic rings. The number of carbonyl (C=O) groups is 1. The van der Waals surface area contributed by atoms with Gasteiger partial charge in [-0.3, -0.25) is 9.78 Å². The van der Waals surface area contributed by atoms with E-state index in [0.717, 1.165) is 23.4 Å². The lowest BCUT2D eigenvalue weighted by molar-refractivity contribution is 0.0939. The fourth-order valence-corrected chi connectivity index (χ4v) is 2.84. The van der Waals surface area contributed by atoms with Gasteiger partial charge in [0.05, 0.1) is 23.5 Å². The fraction of sp³-hybridized carbons (Fsp3) is 0.182. The molecule has 132 valence electrons. The Kier molecular flexibility index (Phi) is 5.64. The highest BCUT2D eigenvalue weighted by molar-refractivity contribution is 5.95. The zero-order chi connectivity index (χ0) is 18.4. The van der Waals surface area contributed by atoms with E-state index < -0.39 is 0 Å². The number of anilines is 2. The highest BCUT2D eigenvalue weighted by atomic mass is 16.1. The van der Waals surface area contributed by atoms with Gasteiger partial charge in [-0.2, -0.15) is 0 Å². The van der Waals surface area contributed by atoms with Gasteiger partial charge < -0.3 is 10.6 Å². The number of aryl methyl sites for hydroxylation is 1. The first kappa shape index (κ1) is 17.7. The fourth-order valence-electron chi connectivity index (χ4n) is 2.84. The highest BCUT2D eigenvalue weighted by Crippen LogP contribution is 2.21. The minimum Gasteiger partial charge on any atom is -0.354 e. The van der Waals surface area contributed by atoms with E-state index in [9.17, 15) is 4.79 Å². The van der Waals surface area contributed by atoms with E-state index in [-0.39, 0.29) is 11.9 Å². The van der Waals surface area contributed by atoms with E-state index in [0.29, 0.717) is 5.56 Å². The third-order valence-electron chi connectivity index (χ3n) is 4.32. The Hall–Kier alpha value is -3.14. The number of carbonyl (C=O) groups excluding carboxylic acids is 1. The Labute approximate surface area is 154 Å². The number of benzene rings is 2. The summed E-state index contributed by atoms with van der Waals surface area (Å²) in [5.74, 6) is -0.138. The van der Waals surface area contributed by atoms with Crippen molar-refractivity contribution in [1.82, 2.24) is 10.3 Å². The molecule has 0 radical (unpaired) electrons. The van der Waals surface area contributed by atoms with Crippen molar-refractivity contribution in [2.45, 2.75) is 26.3 Å². The van der Waals surface area contributed by atoms with Crippen LogP contribution in [0, 0.1) is 0 Å². The number of rotatable bonds is 6. The van der Waals surface area contributed by atoms with Crippen LogP contribution < -0.4 is 10.6 Å². The van der Waals surface area contributed by atoms with Gasteiger partial charge in [0.15, 0.2) is 0 Å². The number of nitrogens with one attached hydrogen (secondary N) is 2. The van der Waals surface area contributed by atoms with Gasteiger partial charge in [0, 0.05) is 11.9 Å². The molecule has 2 aromatic carbocycles. The Balaban J connectivity index is 1.73. The van der Waals surface area contributed by atoms with Crippen molar-refractivity contribution in [3.05, 3.63) is 89.7 Å². The smallest absolute Gasteiger partial charge is 0.253 e. The minimum absolute atomic E-state index is 0.0684. The molecule has 0 aliphatic rings. The average Bonchev–Trinajstić information content (AvgIpc) is 2.69. The van der Waals surface area contributed by atoms with E-state index in [1.807, 2.05) is 61.5 Å². The molecular weight excluding hydrogens is 322 g/mol. The first-order chi connectivity index (χ1) is 12.7. The largest absolute Gasteiger partial charge is 0.354 e. The number of aromatic nitrogens is 1. The van der Waals surface area contributed by atoms with E-state index in [2.05, 4.69) is 28.6 Å². The molecule has 0 aliphatic carbocycles. The van der Waals surface area contributed by atoms with Gasteiger partial charge in [-0.25, -0.2) is 0 Å². The third-order valence-corrected chi connectivity index (χ3v) is 4.32. The highest BCUT2D eigenvalue weighted by Gasteiger charge is 2.12. The summed E-state index contributed by atoms with van der Waals surface area (Å²) in [5, 5.41) is 6.38. The van der Waals surface area contributed by atoms with Crippen molar-refractivity contribution in [1.29, 1.82) is 0 Å². The second kappa shape index (κ2) is 8.30. The van der Waals surface area contributed by atoms with Crippen LogP contribution in [-0.4, -0.2) is 10.9 Å². The zero-order valence-corrected chi connectivity index (χ0v) is 15.1. The van der Waals surface area contributed by atoms with Crippen LogP contribution in [0.2, 0.25) is 0 Å². The van der Waals surface area contributed by atoms with Gasteiger partial charge >= 0.3 is 0 Å². The van der Waals surface area contributed by atoms with E-state index in [4.69, 9.17) is 0 Å². The predicted molar refractivity (Wildman–Crippen MR) is 106 cm³/mol. The van der Waals surface area contributed by atoms with Crippen LogP contribution in [0.25, 0.3) is 0 Å². The molecule has 1 atom stereocenters. The molecule has 0 spiro atoms. The summed E-state index contributed by atoms with van der Waals surface area (Å²) < 4.78 is 0. The van der Waals surface area contributed by atoms with E-state index in [1.165, 1.54) is 5.56 Å². The molecular formula is C22H23N3O. The summed E-state index contributed by atoms with van der Waals surface area (Å²) in [6.45, 7) is 4.09. The Morgan fingerprint density at radius 2 is 1.77 bits per heavy atom. The Morgan fingerprint density at radius 1 is 1.04 bits per heavy atom. The van der Waals surface area contributed by atoms with Crippen LogP contribution in [-0.2, 0) is 6.42 Å². The summed E-state index contributed by atoms with van der Waals surface area (Å²) in [5.41, 5.74) is 4.66. The topological polar surface area (TPSA) is 54.0 Å². The molecule has 0 saturated carbocycles. The molecule has 1 aromatic heterocycles. The summed E-state index contributed by atoms with van der Waals surface area (Å²) >= 11 is 0. The molecule has 4 heteroatoms. The molecule has 0 saturated heterocycles. The maximum atomic E-state index is 12.6. The van der Waals surface area contributed by atoms with Crippen molar-refractivity contribution in [3.63, 3.8) is 0 Å². The lowest BCUT2D eigenvalue weighted by Crippen LogP contribution is -2.26. The summed E-state index contributed by atoms with van der Waals surface area (Å²) in [7, 11) is 0. The molecule has 1 unspecified atom stereocenters. The monoisotopic (exact) mass is 345 g/mol. The maximum Gasteiger partial charge on any atom is 0.253 e. The second-order valence-corrected chi connectivity index (χ2v) is 6.20. The van der Waals surface area contributed by atoms with Crippen molar-refractivity contribution < 1.29 is 4.79 Å². The molecule has 26 heavy (non-hydrogen) atoms. The Bertz CT molecular complexity index is 877. The van der Waals surface area contributed by atoms with Crippen LogP contribution in [0.15, 0.2) is 73.1 Å².